The summed E-state index contributed by atoms with van der Waals surface area (Å²) in [6, 6.07) is 0.674. The molecule has 2 unspecified atom stereocenters. The number of fused-ring (bicyclic) bond motifs is 1. The van der Waals surface area contributed by atoms with E-state index in [4.69, 9.17) is 10.8 Å². The lowest BCUT2D eigenvalue weighted by atomic mass is 9.85. The second-order valence-electron chi connectivity index (χ2n) is 6.43. The second-order valence-corrected chi connectivity index (χ2v) is 6.43. The van der Waals surface area contributed by atoms with E-state index < -0.39 is 0 Å². The molecule has 2 atom stereocenters. The molecule has 2 aliphatic rings. The summed E-state index contributed by atoms with van der Waals surface area (Å²) >= 11 is 0. The molecular weight excluding hydrogens is 262 g/mol. The summed E-state index contributed by atoms with van der Waals surface area (Å²) in [5.74, 6) is 9.31. The minimum atomic E-state index is 0.674. The lowest BCUT2D eigenvalue weighted by Gasteiger charge is -2.33. The Morgan fingerprint density at radius 1 is 1.24 bits per heavy atom. The Balaban J connectivity index is 1.94. The van der Waals surface area contributed by atoms with Crippen LogP contribution in [0.1, 0.15) is 56.8 Å². The third-order valence-electron chi connectivity index (χ3n) is 5.06. The van der Waals surface area contributed by atoms with Gasteiger partial charge in [-0.05, 0) is 38.5 Å². The molecule has 0 aromatic carbocycles. The van der Waals surface area contributed by atoms with Gasteiger partial charge in [0.25, 0.3) is 0 Å². The molecular formula is C16H27N5. The van der Waals surface area contributed by atoms with Crippen molar-refractivity contribution < 1.29 is 0 Å². The smallest absolute Gasteiger partial charge is 0.148 e. The van der Waals surface area contributed by atoms with Crippen molar-refractivity contribution in [3.63, 3.8) is 0 Å². The van der Waals surface area contributed by atoms with Crippen LogP contribution in [0.4, 0.5) is 11.6 Å². The lowest BCUT2D eigenvalue weighted by Crippen LogP contribution is -2.36. The van der Waals surface area contributed by atoms with E-state index in [1.807, 2.05) is 0 Å². The fraction of sp³-hybridized carbons (Fsp3) is 0.750. The molecule has 116 valence electrons. The summed E-state index contributed by atoms with van der Waals surface area (Å²) in [5, 5.41) is 0. The molecule has 5 nitrogen and oxygen atoms in total. The molecule has 0 spiro atoms. The van der Waals surface area contributed by atoms with Crippen molar-refractivity contribution >= 4 is 11.6 Å². The molecule has 0 bridgehead atoms. The maximum Gasteiger partial charge on any atom is 0.148 e. The Morgan fingerprint density at radius 2 is 2.05 bits per heavy atom. The number of nitrogens with two attached hydrogens (primary N) is 1. The zero-order valence-electron chi connectivity index (χ0n) is 13.2. The van der Waals surface area contributed by atoms with Gasteiger partial charge in [0.1, 0.15) is 17.5 Å². The monoisotopic (exact) mass is 289 g/mol. The minimum Gasteiger partial charge on any atom is -0.353 e. The van der Waals surface area contributed by atoms with Gasteiger partial charge in [0, 0.05) is 24.6 Å². The molecule has 3 N–H and O–H groups in total. The van der Waals surface area contributed by atoms with E-state index in [1.54, 1.807) is 0 Å². The molecule has 1 saturated heterocycles. The summed E-state index contributed by atoms with van der Waals surface area (Å²) in [5.41, 5.74) is 3.84. The van der Waals surface area contributed by atoms with Crippen molar-refractivity contribution in [1.82, 2.24) is 9.97 Å². The van der Waals surface area contributed by atoms with Crippen molar-refractivity contribution in [3.05, 3.63) is 11.4 Å². The second kappa shape index (κ2) is 6.18. The van der Waals surface area contributed by atoms with E-state index in [1.165, 1.54) is 32.1 Å². The number of anilines is 2. The van der Waals surface area contributed by atoms with Gasteiger partial charge in [-0.25, -0.2) is 15.8 Å². The molecule has 1 aromatic heterocycles. The number of aryl methyl sites for hydroxylation is 1. The van der Waals surface area contributed by atoms with Crippen LogP contribution in [0, 0.1) is 12.8 Å². The predicted octanol–water partition coefficient (Wildman–Crippen LogP) is 2.79. The summed E-state index contributed by atoms with van der Waals surface area (Å²) in [7, 11) is 0. The van der Waals surface area contributed by atoms with E-state index in [2.05, 4.69) is 29.2 Å². The first kappa shape index (κ1) is 14.6. The SMILES string of the molecule is CCCc1nc(NN)c(C)c(N2CCC3CCCCC32)n1. The van der Waals surface area contributed by atoms with Crippen LogP contribution in [0.25, 0.3) is 0 Å². The molecule has 0 radical (unpaired) electrons. The highest BCUT2D eigenvalue weighted by molar-refractivity contribution is 5.59. The molecule has 1 aliphatic carbocycles. The van der Waals surface area contributed by atoms with E-state index >= 15 is 0 Å². The molecule has 3 rings (SSSR count). The molecule has 1 aliphatic heterocycles. The Hall–Kier alpha value is -1.36. The van der Waals surface area contributed by atoms with E-state index in [0.29, 0.717) is 6.04 Å². The molecule has 5 heteroatoms. The summed E-state index contributed by atoms with van der Waals surface area (Å²) in [6.07, 6.45) is 8.71. The fourth-order valence-electron chi connectivity index (χ4n) is 3.97. The number of nitrogens with zero attached hydrogens (tertiary/aromatic N) is 3. The van der Waals surface area contributed by atoms with Gasteiger partial charge in [-0.1, -0.05) is 19.8 Å². The maximum absolute atomic E-state index is 5.66. The third kappa shape index (κ3) is 2.71. The zero-order valence-corrected chi connectivity index (χ0v) is 13.2. The van der Waals surface area contributed by atoms with Crippen molar-refractivity contribution in [2.75, 3.05) is 16.9 Å². The molecule has 21 heavy (non-hydrogen) atoms. The van der Waals surface area contributed by atoms with Crippen LogP contribution >= 0.6 is 0 Å². The van der Waals surface area contributed by atoms with Gasteiger partial charge < -0.3 is 10.3 Å². The Kier molecular flexibility index (Phi) is 4.29. The quantitative estimate of drug-likeness (QED) is 0.659. The van der Waals surface area contributed by atoms with Crippen molar-refractivity contribution in [3.8, 4) is 0 Å². The summed E-state index contributed by atoms with van der Waals surface area (Å²) in [4.78, 5) is 11.9. The van der Waals surface area contributed by atoms with Crippen LogP contribution < -0.4 is 16.2 Å². The molecule has 0 amide bonds. The Bertz CT molecular complexity index is 502. The average molecular weight is 289 g/mol. The maximum atomic E-state index is 5.66. The highest BCUT2D eigenvalue weighted by Gasteiger charge is 2.37. The van der Waals surface area contributed by atoms with Crippen LogP contribution in [0.15, 0.2) is 0 Å². The molecule has 2 heterocycles. The predicted molar refractivity (Wildman–Crippen MR) is 86.3 cm³/mol. The topological polar surface area (TPSA) is 67.1 Å². The normalized spacial score (nSPS) is 25.0. The van der Waals surface area contributed by atoms with Crippen LogP contribution in [0.3, 0.4) is 0 Å². The fourth-order valence-corrected chi connectivity index (χ4v) is 3.97. The number of hydrogen-bond acceptors (Lipinski definition) is 5. The van der Waals surface area contributed by atoms with Crippen LogP contribution in [-0.4, -0.2) is 22.6 Å². The first-order valence-electron chi connectivity index (χ1n) is 8.35. The summed E-state index contributed by atoms with van der Waals surface area (Å²) < 4.78 is 0. The number of rotatable bonds is 4. The largest absolute Gasteiger partial charge is 0.353 e. The Morgan fingerprint density at radius 3 is 2.81 bits per heavy atom. The van der Waals surface area contributed by atoms with Crippen molar-refractivity contribution in [2.24, 2.45) is 11.8 Å². The van der Waals surface area contributed by atoms with Crippen molar-refractivity contribution in [1.29, 1.82) is 0 Å². The standard InChI is InChI=1S/C16H27N5/c1-3-6-14-18-15(20-17)11(2)16(19-14)21-10-9-12-7-4-5-8-13(12)21/h12-13H,3-10,17H2,1-2H3,(H,18,19,20). The third-order valence-corrected chi connectivity index (χ3v) is 5.06. The van der Waals surface area contributed by atoms with Gasteiger partial charge in [0.15, 0.2) is 0 Å². The number of nitrogen functional groups attached to an aromatic ring is 1. The summed E-state index contributed by atoms with van der Waals surface area (Å²) in [6.45, 7) is 5.37. The molecule has 1 saturated carbocycles. The number of nitrogens with one attached hydrogen (secondary N) is 1. The van der Waals surface area contributed by atoms with Crippen molar-refractivity contribution in [2.45, 2.75) is 64.8 Å². The van der Waals surface area contributed by atoms with Gasteiger partial charge in [-0.2, -0.15) is 0 Å². The number of aromatic nitrogens is 2. The van der Waals surface area contributed by atoms with Gasteiger partial charge >= 0.3 is 0 Å². The lowest BCUT2D eigenvalue weighted by molar-refractivity contribution is 0.341. The van der Waals surface area contributed by atoms with Gasteiger partial charge in [-0.15, -0.1) is 0 Å². The first-order valence-corrected chi connectivity index (χ1v) is 8.35. The molecule has 1 aromatic rings. The van der Waals surface area contributed by atoms with E-state index in [9.17, 15) is 0 Å². The average Bonchev–Trinajstić information content (AvgIpc) is 2.93. The number of hydrogen-bond donors (Lipinski definition) is 2. The van der Waals surface area contributed by atoms with Crippen LogP contribution in [-0.2, 0) is 6.42 Å². The first-order chi connectivity index (χ1) is 10.2. The van der Waals surface area contributed by atoms with Gasteiger partial charge in [0.05, 0.1) is 0 Å². The highest BCUT2D eigenvalue weighted by Crippen LogP contribution is 2.39. The van der Waals surface area contributed by atoms with Crippen LogP contribution in [0.2, 0.25) is 0 Å². The zero-order chi connectivity index (χ0) is 14.8. The van der Waals surface area contributed by atoms with E-state index in [-0.39, 0.29) is 0 Å². The molecule has 2 fully saturated rings. The minimum absolute atomic E-state index is 0.674. The van der Waals surface area contributed by atoms with Gasteiger partial charge in [0.2, 0.25) is 0 Å². The number of hydrazine groups is 1. The van der Waals surface area contributed by atoms with E-state index in [0.717, 1.165) is 48.3 Å². The van der Waals surface area contributed by atoms with Gasteiger partial charge in [-0.3, -0.25) is 0 Å². The Labute approximate surface area is 127 Å². The van der Waals surface area contributed by atoms with Crippen LogP contribution in [0.5, 0.6) is 0 Å². The highest BCUT2D eigenvalue weighted by atomic mass is 15.3.